The summed E-state index contributed by atoms with van der Waals surface area (Å²) < 4.78 is 15.4. The molecule has 9 fully saturated rings. The number of anilines is 2. The first-order chi connectivity index (χ1) is 38.2. The molecule has 1 spiro atoms. The molecule has 2 saturated carbocycles. The third kappa shape index (κ3) is 10.6. The number of morpholine rings is 1. The van der Waals surface area contributed by atoms with E-state index in [0.29, 0.717) is 69.9 Å². The van der Waals surface area contributed by atoms with Crippen molar-refractivity contribution in [1.82, 2.24) is 45.3 Å². The highest BCUT2D eigenvalue weighted by Gasteiger charge is 2.55. The van der Waals surface area contributed by atoms with Gasteiger partial charge in [-0.3, -0.25) is 44.3 Å². The van der Waals surface area contributed by atoms with Crippen LogP contribution >= 0.6 is 0 Å². The predicted octanol–water partition coefficient (Wildman–Crippen LogP) is 6.07. The molecule has 17 nitrogen and oxygen atoms in total. The second-order valence-corrected chi connectivity index (χ2v) is 27.1. The molecule has 3 N–H and O–H groups in total. The number of ether oxygens (including phenoxy) is 2. The maximum absolute atomic E-state index is 15.3. The monoisotopic (exact) mass is 1080 g/mol. The third-order valence-electron chi connectivity index (χ3n) is 20.5. The minimum atomic E-state index is -0.889. The Morgan fingerprint density at radius 1 is 0.873 bits per heavy atom. The largest absolute Gasteiger partial charge is 0.464 e. The maximum Gasteiger partial charge on any atom is 0.324 e. The number of carbonyl (C=O) groups excluding carboxylic acids is 4. The number of aromatic nitrogens is 2. The quantitative estimate of drug-likeness (QED) is 0.158. The number of esters is 1. The SMILES string of the molecule is CCn1c(-c2cc(N3CCN4CCC[C@@H]4C3)cnc2C(C)C)c2c3cc(ccc31)N1CCO[C@@H](C[C@H](NC(=O)[C@H](C3CCCC3)N3CC[C@]4(CCN(C(=O)[C@@H]5N[C@@H]5C5CC5)C4)C3)C(=O)N3CCC[C@H](N3)C(=O)OCC(C)(C)C2)C1. The number of carbonyl (C=O) groups is 4. The number of rotatable bonds is 10. The number of hydrogen-bond donors (Lipinski definition) is 3. The molecule has 0 unspecified atom stereocenters. The topological polar surface area (TPSA) is 170 Å². The normalized spacial score (nSPS) is 31.3. The van der Waals surface area contributed by atoms with Crippen molar-refractivity contribution in [3.8, 4) is 11.3 Å². The minimum Gasteiger partial charge on any atom is -0.464 e. The van der Waals surface area contributed by atoms with Crippen LogP contribution in [0.4, 0.5) is 11.4 Å². The van der Waals surface area contributed by atoms with Gasteiger partial charge in [-0.05, 0) is 138 Å². The van der Waals surface area contributed by atoms with Gasteiger partial charge in [0.1, 0.15) is 18.1 Å². The summed E-state index contributed by atoms with van der Waals surface area (Å²) in [7, 11) is 0. The standard InChI is InChI=1S/C62H89N11O6/c1-6-72-51-18-17-42-29-46(51)48(56(72)47-30-44(33-63-52(47)39(2)3)68-26-25-67-21-9-13-43(67)34-68)32-61(4,5)38-79-60(77)49-14-10-22-73(66-49)58(75)50(31-45-35-69(42)27-28-78-45)64-57(74)55(41-11-7-8-12-41)70-23-19-62(36-70)20-24-71(37-62)59(76)54-53(65-54)40-15-16-40/h17-18,29-30,33,39-41,43,45,49-50,53-55,65-66H,6-16,19-28,31-32,34-38H2,1-5H3,(H,64,74)/t43-,45+,49+,50+,53-,54-,55+,62+/m1/s1. The van der Waals surface area contributed by atoms with Crippen LogP contribution in [0.1, 0.15) is 135 Å². The summed E-state index contributed by atoms with van der Waals surface area (Å²) in [5.74, 6) is 0.580. The molecule has 428 valence electrons. The summed E-state index contributed by atoms with van der Waals surface area (Å²) >= 11 is 0. The number of cyclic esters (lactones) is 1. The Morgan fingerprint density at radius 3 is 2.49 bits per heavy atom. The van der Waals surface area contributed by atoms with Gasteiger partial charge in [-0.25, -0.2) is 5.43 Å². The van der Waals surface area contributed by atoms with Crippen LogP contribution in [0.5, 0.6) is 0 Å². The Labute approximate surface area is 468 Å². The molecular formula is C62H89N11O6. The van der Waals surface area contributed by atoms with Gasteiger partial charge in [-0.15, -0.1) is 0 Å². The number of hydrazine groups is 1. The second-order valence-electron chi connectivity index (χ2n) is 27.1. The van der Waals surface area contributed by atoms with Crippen LogP contribution in [0.25, 0.3) is 22.2 Å². The van der Waals surface area contributed by atoms with Crippen molar-refractivity contribution in [3.05, 3.63) is 41.7 Å². The smallest absolute Gasteiger partial charge is 0.324 e. The number of pyridine rings is 1. The Kier molecular flexibility index (Phi) is 14.6. The molecule has 3 amide bonds. The summed E-state index contributed by atoms with van der Waals surface area (Å²) in [6.45, 7) is 21.6. The van der Waals surface area contributed by atoms with Gasteiger partial charge in [0.2, 0.25) is 11.8 Å². The average molecular weight is 1080 g/mol. The van der Waals surface area contributed by atoms with Crippen molar-refractivity contribution in [3.63, 3.8) is 0 Å². The van der Waals surface area contributed by atoms with Gasteiger partial charge in [0, 0.05) is 117 Å². The molecule has 10 heterocycles. The molecule has 0 radical (unpaired) electrons. The summed E-state index contributed by atoms with van der Waals surface area (Å²) in [5, 5.41) is 9.65. The highest BCUT2D eigenvalue weighted by Crippen LogP contribution is 2.46. The van der Waals surface area contributed by atoms with E-state index in [0.717, 1.165) is 102 Å². The van der Waals surface area contributed by atoms with Crippen LogP contribution in [0.3, 0.4) is 0 Å². The average Bonchev–Trinajstić information content (AvgIpc) is 4.30. The first-order valence-electron chi connectivity index (χ1n) is 31.1. The van der Waals surface area contributed by atoms with Crippen LogP contribution in [0.2, 0.25) is 0 Å². The molecule has 17 heteroatoms. The fraction of sp³-hybridized carbons (Fsp3) is 0.726. The van der Waals surface area contributed by atoms with E-state index in [-0.39, 0.29) is 65.7 Å². The van der Waals surface area contributed by atoms with E-state index in [9.17, 15) is 9.59 Å². The summed E-state index contributed by atoms with van der Waals surface area (Å²) in [6.07, 6.45) is 14.9. The van der Waals surface area contributed by atoms with Crippen LogP contribution in [-0.4, -0.2) is 181 Å². The van der Waals surface area contributed by atoms with Crippen molar-refractivity contribution in [1.29, 1.82) is 0 Å². The van der Waals surface area contributed by atoms with E-state index in [2.05, 4.69) is 110 Å². The molecular weight excluding hydrogens is 995 g/mol. The summed E-state index contributed by atoms with van der Waals surface area (Å²) in [6, 6.07) is 8.28. The van der Waals surface area contributed by atoms with Gasteiger partial charge in [-0.2, -0.15) is 0 Å². The van der Waals surface area contributed by atoms with E-state index >= 15 is 9.59 Å². The maximum atomic E-state index is 15.3. The fourth-order valence-corrected chi connectivity index (χ4v) is 16.0. The first-order valence-corrected chi connectivity index (χ1v) is 31.1. The number of hydrogen-bond acceptors (Lipinski definition) is 13. The molecule has 13 rings (SSSR count). The van der Waals surface area contributed by atoms with Crippen LogP contribution in [0, 0.1) is 22.7 Å². The fourth-order valence-electron chi connectivity index (χ4n) is 16.0. The number of fused-ring (bicyclic) bond motifs is 7. The van der Waals surface area contributed by atoms with Crippen LogP contribution < -0.4 is 25.9 Å². The van der Waals surface area contributed by atoms with Crippen molar-refractivity contribution in [2.24, 2.45) is 22.7 Å². The zero-order valence-corrected chi connectivity index (χ0v) is 48.0. The van der Waals surface area contributed by atoms with Gasteiger partial charge in [0.15, 0.2) is 0 Å². The van der Waals surface area contributed by atoms with Crippen molar-refractivity contribution >= 4 is 46.0 Å². The Hall–Kier alpha value is -4.81. The lowest BCUT2D eigenvalue weighted by Gasteiger charge is -2.39. The van der Waals surface area contributed by atoms with Gasteiger partial charge in [0.05, 0.1) is 48.6 Å². The van der Waals surface area contributed by atoms with E-state index in [1.165, 1.54) is 65.6 Å². The molecule has 6 bridgehead atoms. The first kappa shape index (κ1) is 53.5. The minimum absolute atomic E-state index is 0.0217. The number of nitrogens with one attached hydrogen (secondary N) is 3. The molecule has 79 heavy (non-hydrogen) atoms. The van der Waals surface area contributed by atoms with Crippen LogP contribution in [-0.2, 0) is 41.6 Å². The van der Waals surface area contributed by atoms with E-state index in [4.69, 9.17) is 14.5 Å². The summed E-state index contributed by atoms with van der Waals surface area (Å²) in [4.78, 5) is 75.9. The van der Waals surface area contributed by atoms with Crippen molar-refractivity contribution in [2.75, 3.05) is 95.0 Å². The van der Waals surface area contributed by atoms with Gasteiger partial charge >= 0.3 is 5.97 Å². The zero-order valence-electron chi connectivity index (χ0n) is 48.0. The lowest BCUT2D eigenvalue weighted by Crippen LogP contribution is -2.62. The zero-order chi connectivity index (χ0) is 54.3. The van der Waals surface area contributed by atoms with Crippen molar-refractivity contribution in [2.45, 2.75) is 179 Å². The predicted molar refractivity (Wildman–Crippen MR) is 306 cm³/mol. The molecule has 3 aromatic rings. The molecule has 10 aliphatic rings. The van der Waals surface area contributed by atoms with E-state index in [1.807, 2.05) is 0 Å². The molecule has 2 aromatic heterocycles. The van der Waals surface area contributed by atoms with Gasteiger partial charge < -0.3 is 34.1 Å². The summed E-state index contributed by atoms with van der Waals surface area (Å²) in [5.41, 5.74) is 11.0. The number of likely N-dealkylation sites (tertiary alicyclic amines) is 2. The Balaban J connectivity index is 0.809. The molecule has 2 aliphatic carbocycles. The number of nitrogens with zero attached hydrogens (tertiary/aromatic N) is 8. The molecule has 8 aliphatic heterocycles. The highest BCUT2D eigenvalue weighted by atomic mass is 16.5. The molecule has 7 saturated heterocycles. The highest BCUT2D eigenvalue weighted by molar-refractivity contribution is 5.95. The molecule has 8 atom stereocenters. The number of benzene rings is 1. The van der Waals surface area contributed by atoms with Gasteiger partial charge in [0.25, 0.3) is 5.91 Å². The molecule has 1 aromatic carbocycles. The van der Waals surface area contributed by atoms with Crippen LogP contribution in [0.15, 0.2) is 30.5 Å². The van der Waals surface area contributed by atoms with Gasteiger partial charge in [-0.1, -0.05) is 40.5 Å². The Bertz CT molecular complexity index is 2810. The number of aryl methyl sites for hydroxylation is 1. The lowest BCUT2D eigenvalue weighted by molar-refractivity contribution is -0.156. The Morgan fingerprint density at radius 2 is 1.68 bits per heavy atom. The van der Waals surface area contributed by atoms with Crippen molar-refractivity contribution < 1.29 is 28.7 Å². The third-order valence-corrected chi connectivity index (χ3v) is 20.5. The second kappa shape index (κ2) is 21.5. The number of piperazine rings is 1. The van der Waals surface area contributed by atoms with E-state index < -0.39 is 17.5 Å². The lowest BCUT2D eigenvalue weighted by atomic mass is 9.84. The number of amides is 3. The van der Waals surface area contributed by atoms with E-state index in [1.54, 1.807) is 5.01 Å².